The summed E-state index contributed by atoms with van der Waals surface area (Å²) in [5, 5.41) is 14.5. The number of aromatic nitrogens is 2. The van der Waals surface area contributed by atoms with Crippen LogP contribution >= 0.6 is 22.9 Å². The van der Waals surface area contributed by atoms with E-state index in [1.807, 2.05) is 53.9 Å². The van der Waals surface area contributed by atoms with Gasteiger partial charge in [-0.1, -0.05) is 11.6 Å². The summed E-state index contributed by atoms with van der Waals surface area (Å²) >= 11 is 8.00. The van der Waals surface area contributed by atoms with Crippen molar-refractivity contribution >= 4 is 39.7 Å². The lowest BCUT2D eigenvalue weighted by atomic mass is 10.0. The number of halogens is 1. The summed E-state index contributed by atoms with van der Waals surface area (Å²) in [5.74, 6) is 1.24. The van der Waals surface area contributed by atoms with E-state index in [4.69, 9.17) is 16.3 Å². The average Bonchev–Trinajstić information content (AvgIpc) is 3.51. The number of aromatic amines is 1. The molecule has 4 aromatic rings. The van der Waals surface area contributed by atoms with Gasteiger partial charge in [-0.25, -0.2) is 0 Å². The first-order valence-electron chi connectivity index (χ1n) is 12.5. The fraction of sp³-hybridized carbons (Fsp3) is 0.357. The van der Waals surface area contributed by atoms with E-state index in [2.05, 4.69) is 27.5 Å². The molecule has 1 saturated heterocycles. The van der Waals surface area contributed by atoms with Gasteiger partial charge in [0.15, 0.2) is 0 Å². The molecule has 2 N–H and O–H groups in total. The van der Waals surface area contributed by atoms with E-state index in [0.29, 0.717) is 11.5 Å². The fourth-order valence-corrected chi connectivity index (χ4v) is 6.26. The van der Waals surface area contributed by atoms with Gasteiger partial charge in [0, 0.05) is 34.5 Å². The molecule has 36 heavy (non-hydrogen) atoms. The number of likely N-dealkylation sites (tertiary alicyclic amines) is 1. The molecule has 3 heterocycles. The molecule has 186 valence electrons. The Bertz CT molecular complexity index is 1370. The number of nitrogens with zero attached hydrogens (tertiary/aromatic N) is 2. The Morgan fingerprint density at radius 1 is 1.14 bits per heavy atom. The van der Waals surface area contributed by atoms with Gasteiger partial charge in [-0.15, -0.1) is 11.3 Å². The van der Waals surface area contributed by atoms with Gasteiger partial charge in [-0.05, 0) is 92.6 Å². The third kappa shape index (κ3) is 4.88. The van der Waals surface area contributed by atoms with Gasteiger partial charge >= 0.3 is 0 Å². The molecule has 0 radical (unpaired) electrons. The zero-order valence-corrected chi connectivity index (χ0v) is 21.7. The van der Waals surface area contributed by atoms with Crippen LogP contribution in [0, 0.1) is 5.92 Å². The third-order valence-electron chi connectivity index (χ3n) is 7.23. The number of amides is 1. The largest absolute Gasteiger partial charge is 0.490 e. The maximum absolute atomic E-state index is 13.3. The molecule has 2 aliphatic rings. The van der Waals surface area contributed by atoms with Gasteiger partial charge in [-0.3, -0.25) is 9.89 Å². The summed E-state index contributed by atoms with van der Waals surface area (Å²) in [7, 11) is 2.15. The molecule has 6 nitrogen and oxygen atoms in total. The van der Waals surface area contributed by atoms with E-state index in [0.717, 1.165) is 76.6 Å². The summed E-state index contributed by atoms with van der Waals surface area (Å²) < 4.78 is 6.20. The van der Waals surface area contributed by atoms with Crippen molar-refractivity contribution in [3.05, 3.63) is 69.4 Å². The summed E-state index contributed by atoms with van der Waals surface area (Å²) in [6, 6.07) is 15.6. The highest BCUT2D eigenvalue weighted by Gasteiger charge is 2.35. The summed E-state index contributed by atoms with van der Waals surface area (Å²) in [6.07, 6.45) is 4.59. The Labute approximate surface area is 219 Å². The molecule has 8 heteroatoms. The van der Waals surface area contributed by atoms with Crippen molar-refractivity contribution in [2.24, 2.45) is 5.92 Å². The molecule has 0 unspecified atom stereocenters. The molecule has 6 rings (SSSR count). The number of carbonyl (C=O) groups excluding carboxylic acids is 1. The molecule has 2 aromatic carbocycles. The number of benzene rings is 2. The topological polar surface area (TPSA) is 70.2 Å². The second kappa shape index (κ2) is 9.88. The number of hydrogen-bond donors (Lipinski definition) is 2. The quantitative estimate of drug-likeness (QED) is 0.300. The normalized spacial score (nSPS) is 17.8. The molecule has 0 bridgehead atoms. The third-order valence-corrected chi connectivity index (χ3v) is 8.67. The number of carbonyl (C=O) groups is 1. The van der Waals surface area contributed by atoms with E-state index in [-0.39, 0.29) is 18.1 Å². The Hall–Kier alpha value is -2.87. The second-order valence-electron chi connectivity index (χ2n) is 9.90. The molecule has 1 saturated carbocycles. The van der Waals surface area contributed by atoms with Crippen LogP contribution in [-0.2, 0) is 0 Å². The number of thiophene rings is 1. The van der Waals surface area contributed by atoms with Crippen molar-refractivity contribution in [3.63, 3.8) is 0 Å². The number of rotatable bonds is 7. The molecule has 2 aromatic heterocycles. The lowest BCUT2D eigenvalue weighted by molar-refractivity contribution is 0.0932. The molecule has 2 fully saturated rings. The van der Waals surface area contributed by atoms with Crippen molar-refractivity contribution in [1.82, 2.24) is 20.4 Å². The molecule has 1 aliphatic heterocycles. The minimum absolute atomic E-state index is 0.0402. The van der Waals surface area contributed by atoms with Crippen LogP contribution in [0.2, 0.25) is 5.02 Å². The Kier molecular flexibility index (Phi) is 6.46. The molecular formula is C28H29ClN4O2S. The predicted molar refractivity (Wildman–Crippen MR) is 145 cm³/mol. The summed E-state index contributed by atoms with van der Waals surface area (Å²) in [6.45, 7) is 2.14. The average molecular weight is 521 g/mol. The molecule has 1 atom stereocenters. The van der Waals surface area contributed by atoms with E-state index in [1.165, 1.54) is 0 Å². The van der Waals surface area contributed by atoms with Crippen molar-refractivity contribution < 1.29 is 9.53 Å². The smallest absolute Gasteiger partial charge is 0.251 e. The Morgan fingerprint density at radius 2 is 1.92 bits per heavy atom. The van der Waals surface area contributed by atoms with Crippen LogP contribution in [0.1, 0.15) is 47.0 Å². The maximum atomic E-state index is 13.3. The van der Waals surface area contributed by atoms with E-state index in [1.54, 1.807) is 11.3 Å². The lowest BCUT2D eigenvalue weighted by Gasteiger charge is -2.29. The van der Waals surface area contributed by atoms with Crippen LogP contribution in [0.3, 0.4) is 0 Å². The number of hydrogen-bond acceptors (Lipinski definition) is 5. The molecule has 1 aliphatic carbocycles. The van der Waals surface area contributed by atoms with Gasteiger partial charge in [-0.2, -0.15) is 5.10 Å². The zero-order chi connectivity index (χ0) is 24.6. The van der Waals surface area contributed by atoms with Gasteiger partial charge < -0.3 is 15.0 Å². The number of piperidine rings is 1. The van der Waals surface area contributed by atoms with Gasteiger partial charge in [0.2, 0.25) is 0 Å². The van der Waals surface area contributed by atoms with Crippen molar-refractivity contribution in [2.45, 2.75) is 37.8 Å². The van der Waals surface area contributed by atoms with E-state index < -0.39 is 0 Å². The first-order valence-corrected chi connectivity index (χ1v) is 13.8. The number of fused-ring (bicyclic) bond motifs is 1. The first kappa shape index (κ1) is 23.5. The fourth-order valence-electron chi connectivity index (χ4n) is 4.94. The van der Waals surface area contributed by atoms with Crippen LogP contribution in [-0.4, -0.2) is 47.2 Å². The lowest BCUT2D eigenvalue weighted by Crippen LogP contribution is -2.35. The molecule has 0 spiro atoms. The second-order valence-corrected chi connectivity index (χ2v) is 11.3. The van der Waals surface area contributed by atoms with Crippen LogP contribution < -0.4 is 10.1 Å². The monoisotopic (exact) mass is 520 g/mol. The zero-order valence-electron chi connectivity index (χ0n) is 20.2. The first-order chi connectivity index (χ1) is 17.5. The highest BCUT2D eigenvalue weighted by Crippen LogP contribution is 2.45. The Morgan fingerprint density at radius 3 is 2.61 bits per heavy atom. The van der Waals surface area contributed by atoms with Crippen molar-refractivity contribution in [1.29, 1.82) is 0 Å². The Balaban J connectivity index is 1.20. The standard InChI is InChI=1S/C28H29ClN4O2S/c1-33-13-10-21(11-14-33)35-20-7-4-17(5-8-20)25-22-16-19(6-9-24(22)31-32-25)28(34)30-26(18-2-3-18)27-23(29)12-15-36-27/h4-9,12,15-16,18,21,26H,2-3,10-11,13-14H2,1H3,(H,30,34)(H,31,32)/t26-/m0/s1. The number of nitrogens with one attached hydrogen (secondary N) is 2. The van der Waals surface area contributed by atoms with Gasteiger partial charge in [0.1, 0.15) is 11.9 Å². The molecule has 1 amide bonds. The van der Waals surface area contributed by atoms with Crippen LogP contribution in [0.4, 0.5) is 0 Å². The minimum Gasteiger partial charge on any atom is -0.490 e. The summed E-state index contributed by atoms with van der Waals surface area (Å²) in [4.78, 5) is 16.6. The number of ether oxygens (including phenoxy) is 1. The highest BCUT2D eigenvalue weighted by atomic mass is 35.5. The van der Waals surface area contributed by atoms with Crippen LogP contribution in [0.5, 0.6) is 5.75 Å². The van der Waals surface area contributed by atoms with Crippen molar-refractivity contribution in [2.75, 3.05) is 20.1 Å². The van der Waals surface area contributed by atoms with E-state index in [9.17, 15) is 4.79 Å². The predicted octanol–water partition coefficient (Wildman–Crippen LogP) is 6.30. The van der Waals surface area contributed by atoms with E-state index >= 15 is 0 Å². The maximum Gasteiger partial charge on any atom is 0.251 e. The van der Waals surface area contributed by atoms with Crippen LogP contribution in [0.25, 0.3) is 22.2 Å². The molecular weight excluding hydrogens is 492 g/mol. The summed E-state index contributed by atoms with van der Waals surface area (Å²) in [5.41, 5.74) is 3.32. The SMILES string of the molecule is CN1CCC(Oc2ccc(-c3n[nH]c4ccc(C(=O)N[C@H](c5sccc5Cl)C5CC5)cc34)cc2)CC1. The van der Waals surface area contributed by atoms with Gasteiger partial charge in [0.25, 0.3) is 5.91 Å². The van der Waals surface area contributed by atoms with Crippen LogP contribution in [0.15, 0.2) is 53.9 Å². The highest BCUT2D eigenvalue weighted by molar-refractivity contribution is 7.10. The van der Waals surface area contributed by atoms with Gasteiger partial charge in [0.05, 0.1) is 22.3 Å². The number of H-pyrrole nitrogens is 1. The van der Waals surface area contributed by atoms with Crippen molar-refractivity contribution in [3.8, 4) is 17.0 Å². The minimum atomic E-state index is -0.0905.